The van der Waals surface area contributed by atoms with Crippen LogP contribution in [0.25, 0.3) is 0 Å². The molecule has 0 unspecified atom stereocenters. The summed E-state index contributed by atoms with van der Waals surface area (Å²) in [6.45, 7) is 2.79. The Labute approximate surface area is 123 Å². The van der Waals surface area contributed by atoms with Crippen molar-refractivity contribution in [1.82, 2.24) is 9.97 Å². The SMILES string of the molecule is Cc1nc(C(=O)Nc2ccc(C)c(F)c2)cc(C(F)(F)F)n1. The van der Waals surface area contributed by atoms with Crippen LogP contribution in [0.1, 0.15) is 27.6 Å². The Morgan fingerprint density at radius 3 is 2.41 bits per heavy atom. The van der Waals surface area contributed by atoms with Gasteiger partial charge in [-0.25, -0.2) is 14.4 Å². The van der Waals surface area contributed by atoms with E-state index in [1.807, 2.05) is 0 Å². The second-order valence-electron chi connectivity index (χ2n) is 4.60. The van der Waals surface area contributed by atoms with Crippen molar-refractivity contribution < 1.29 is 22.4 Å². The Morgan fingerprint density at radius 1 is 1.14 bits per heavy atom. The Bertz CT molecular complexity index is 729. The van der Waals surface area contributed by atoms with E-state index in [0.717, 1.165) is 6.07 Å². The summed E-state index contributed by atoms with van der Waals surface area (Å²) in [6.07, 6.45) is -4.68. The van der Waals surface area contributed by atoms with Crippen molar-refractivity contribution in [3.63, 3.8) is 0 Å². The molecule has 0 aliphatic carbocycles. The number of carbonyl (C=O) groups excluding carboxylic acids is 1. The molecule has 1 N–H and O–H groups in total. The molecule has 4 nitrogen and oxygen atoms in total. The summed E-state index contributed by atoms with van der Waals surface area (Å²) in [6, 6.07) is 4.51. The number of halogens is 4. The van der Waals surface area contributed by atoms with Crippen LogP contribution in [0.15, 0.2) is 24.3 Å². The lowest BCUT2D eigenvalue weighted by molar-refractivity contribution is -0.141. The quantitative estimate of drug-likeness (QED) is 0.863. The summed E-state index contributed by atoms with van der Waals surface area (Å²) in [5.41, 5.74) is -1.14. The molecule has 0 fully saturated rings. The third kappa shape index (κ3) is 3.57. The van der Waals surface area contributed by atoms with Crippen LogP contribution < -0.4 is 5.32 Å². The molecular weight excluding hydrogens is 302 g/mol. The van der Waals surface area contributed by atoms with E-state index in [0.29, 0.717) is 11.6 Å². The van der Waals surface area contributed by atoms with Gasteiger partial charge >= 0.3 is 6.18 Å². The summed E-state index contributed by atoms with van der Waals surface area (Å²) in [7, 11) is 0. The standard InChI is InChI=1S/C14H11F4N3O/c1-7-3-4-9(5-10(7)15)21-13(22)11-6-12(14(16,17)18)20-8(2)19-11/h3-6H,1-2H3,(H,21,22). The first-order valence-electron chi connectivity index (χ1n) is 6.17. The summed E-state index contributed by atoms with van der Waals surface area (Å²) in [5.74, 6) is -1.60. The van der Waals surface area contributed by atoms with Gasteiger partial charge in [0.05, 0.1) is 0 Å². The average molecular weight is 313 g/mol. The smallest absolute Gasteiger partial charge is 0.321 e. The van der Waals surface area contributed by atoms with E-state index >= 15 is 0 Å². The first-order valence-corrected chi connectivity index (χ1v) is 6.17. The van der Waals surface area contributed by atoms with Gasteiger partial charge in [0.15, 0.2) is 0 Å². The Kier molecular flexibility index (Phi) is 4.11. The molecule has 1 aromatic carbocycles. The molecule has 116 valence electrons. The molecular formula is C14H11F4N3O. The highest BCUT2D eigenvalue weighted by atomic mass is 19.4. The number of aryl methyl sites for hydroxylation is 2. The molecule has 0 aliphatic heterocycles. The van der Waals surface area contributed by atoms with Crippen LogP contribution in [0.4, 0.5) is 23.2 Å². The molecule has 22 heavy (non-hydrogen) atoms. The fraction of sp³-hybridized carbons (Fsp3) is 0.214. The normalized spacial score (nSPS) is 11.4. The third-order valence-electron chi connectivity index (χ3n) is 2.79. The molecule has 0 saturated carbocycles. The van der Waals surface area contributed by atoms with Gasteiger partial charge in [-0.3, -0.25) is 4.79 Å². The van der Waals surface area contributed by atoms with Crippen LogP contribution in [0.3, 0.4) is 0 Å². The summed E-state index contributed by atoms with van der Waals surface area (Å²) in [4.78, 5) is 18.9. The predicted molar refractivity (Wildman–Crippen MR) is 70.9 cm³/mol. The molecule has 1 amide bonds. The lowest BCUT2D eigenvalue weighted by atomic mass is 10.2. The molecule has 1 heterocycles. The van der Waals surface area contributed by atoms with Crippen LogP contribution in [-0.2, 0) is 6.18 Å². The van der Waals surface area contributed by atoms with Crippen LogP contribution in [0.5, 0.6) is 0 Å². The van der Waals surface area contributed by atoms with Crippen molar-refractivity contribution in [1.29, 1.82) is 0 Å². The van der Waals surface area contributed by atoms with Crippen molar-refractivity contribution in [2.45, 2.75) is 20.0 Å². The van der Waals surface area contributed by atoms with Crippen molar-refractivity contribution in [3.05, 3.63) is 52.9 Å². The number of amides is 1. The zero-order chi connectivity index (χ0) is 16.5. The minimum absolute atomic E-state index is 0.123. The molecule has 8 heteroatoms. The molecule has 0 spiro atoms. The van der Waals surface area contributed by atoms with E-state index in [2.05, 4.69) is 15.3 Å². The Balaban J connectivity index is 2.29. The van der Waals surface area contributed by atoms with Crippen molar-refractivity contribution in [3.8, 4) is 0 Å². The molecule has 0 aliphatic rings. The lowest BCUT2D eigenvalue weighted by Gasteiger charge is -2.09. The molecule has 2 rings (SSSR count). The zero-order valence-electron chi connectivity index (χ0n) is 11.6. The topological polar surface area (TPSA) is 54.9 Å². The minimum atomic E-state index is -4.68. The average Bonchev–Trinajstić information content (AvgIpc) is 2.41. The van der Waals surface area contributed by atoms with Gasteiger partial charge in [-0.2, -0.15) is 13.2 Å². The summed E-state index contributed by atoms with van der Waals surface area (Å²) in [5, 5.41) is 2.30. The Morgan fingerprint density at radius 2 is 1.82 bits per heavy atom. The van der Waals surface area contributed by atoms with Crippen LogP contribution in [0.2, 0.25) is 0 Å². The number of nitrogens with one attached hydrogen (secondary N) is 1. The number of benzene rings is 1. The van der Waals surface area contributed by atoms with Gasteiger partial charge in [0, 0.05) is 11.8 Å². The van der Waals surface area contributed by atoms with Crippen LogP contribution in [-0.4, -0.2) is 15.9 Å². The monoisotopic (exact) mass is 313 g/mol. The number of hydrogen-bond donors (Lipinski definition) is 1. The predicted octanol–water partition coefficient (Wildman–Crippen LogP) is 3.50. The second-order valence-corrected chi connectivity index (χ2v) is 4.60. The molecule has 0 saturated heterocycles. The maximum Gasteiger partial charge on any atom is 0.433 e. The first-order chi connectivity index (χ1) is 10.2. The van der Waals surface area contributed by atoms with Crippen molar-refractivity contribution in [2.24, 2.45) is 0 Å². The van der Waals surface area contributed by atoms with Gasteiger partial charge in [-0.15, -0.1) is 0 Å². The number of rotatable bonds is 2. The first kappa shape index (κ1) is 15.9. The molecule has 0 bridgehead atoms. The number of alkyl halides is 3. The van der Waals surface area contributed by atoms with Gasteiger partial charge < -0.3 is 5.32 Å². The van der Waals surface area contributed by atoms with E-state index in [-0.39, 0.29) is 11.5 Å². The van der Waals surface area contributed by atoms with E-state index < -0.39 is 29.3 Å². The molecule has 0 atom stereocenters. The van der Waals surface area contributed by atoms with Gasteiger partial charge in [0.2, 0.25) is 0 Å². The van der Waals surface area contributed by atoms with Crippen LogP contribution >= 0.6 is 0 Å². The Hall–Kier alpha value is -2.51. The summed E-state index contributed by atoms with van der Waals surface area (Å²) >= 11 is 0. The molecule has 2 aromatic rings. The van der Waals surface area contributed by atoms with E-state index in [1.165, 1.54) is 19.1 Å². The summed E-state index contributed by atoms with van der Waals surface area (Å²) < 4.78 is 51.4. The van der Waals surface area contributed by atoms with Crippen molar-refractivity contribution in [2.75, 3.05) is 5.32 Å². The highest BCUT2D eigenvalue weighted by molar-refractivity contribution is 6.02. The highest BCUT2D eigenvalue weighted by Gasteiger charge is 2.34. The van der Waals surface area contributed by atoms with Gasteiger partial charge in [0.1, 0.15) is 23.0 Å². The number of carbonyl (C=O) groups is 1. The van der Waals surface area contributed by atoms with E-state index in [9.17, 15) is 22.4 Å². The van der Waals surface area contributed by atoms with Gasteiger partial charge in [0.25, 0.3) is 5.91 Å². The number of aromatic nitrogens is 2. The van der Waals surface area contributed by atoms with Gasteiger partial charge in [-0.1, -0.05) is 6.07 Å². The fourth-order valence-electron chi connectivity index (χ4n) is 1.69. The number of anilines is 1. The maximum absolute atomic E-state index is 13.4. The zero-order valence-corrected chi connectivity index (χ0v) is 11.6. The molecule has 0 radical (unpaired) electrons. The number of hydrogen-bond acceptors (Lipinski definition) is 3. The highest BCUT2D eigenvalue weighted by Crippen LogP contribution is 2.28. The lowest BCUT2D eigenvalue weighted by Crippen LogP contribution is -2.18. The van der Waals surface area contributed by atoms with E-state index in [4.69, 9.17) is 0 Å². The van der Waals surface area contributed by atoms with Gasteiger partial charge in [-0.05, 0) is 31.5 Å². The molecule has 1 aromatic heterocycles. The van der Waals surface area contributed by atoms with Crippen molar-refractivity contribution >= 4 is 11.6 Å². The van der Waals surface area contributed by atoms with Crippen LogP contribution in [0, 0.1) is 19.7 Å². The maximum atomic E-state index is 13.4. The third-order valence-corrected chi connectivity index (χ3v) is 2.79. The fourth-order valence-corrected chi connectivity index (χ4v) is 1.69. The minimum Gasteiger partial charge on any atom is -0.321 e. The second kappa shape index (κ2) is 5.70. The largest absolute Gasteiger partial charge is 0.433 e. The van der Waals surface area contributed by atoms with E-state index in [1.54, 1.807) is 6.92 Å². The number of nitrogens with zero attached hydrogens (tertiary/aromatic N) is 2.